The van der Waals surface area contributed by atoms with Crippen molar-refractivity contribution < 1.29 is 9.90 Å². The van der Waals surface area contributed by atoms with Crippen LogP contribution in [0.1, 0.15) is 6.42 Å². The Kier molecular flexibility index (Phi) is 1.49. The number of allylic oxidation sites excluding steroid dienone is 2. The molecule has 1 N–H and O–H groups in total. The third kappa shape index (κ3) is 0.920. The maximum Gasteiger partial charge on any atom is 0.202 e. The number of rotatable bonds is 0. The minimum absolute atomic E-state index is 0.0625. The lowest BCUT2D eigenvalue weighted by molar-refractivity contribution is -0.119. The lowest BCUT2D eigenvalue weighted by Crippen LogP contribution is -2.11. The summed E-state index contributed by atoms with van der Waals surface area (Å²) < 4.78 is -0.238. The number of Topliss-reactive ketones (excluding diaryl/α,β-unsaturated/α-hetero) is 1. The van der Waals surface area contributed by atoms with Gasteiger partial charge in [0.1, 0.15) is 0 Å². The molecule has 0 radical (unpaired) electrons. The summed E-state index contributed by atoms with van der Waals surface area (Å²) in [6.07, 6.45) is 2.37. The lowest BCUT2D eigenvalue weighted by Gasteiger charge is -2.01. The molecule has 1 fully saturated rings. The second-order valence-electron chi connectivity index (χ2n) is 2.95. The van der Waals surface area contributed by atoms with Gasteiger partial charge in [0.15, 0.2) is 5.76 Å². The van der Waals surface area contributed by atoms with Gasteiger partial charge in [-0.15, -0.1) is 0 Å². The molecule has 0 heterocycles. The molecule has 4 heteroatoms. The third-order valence-corrected chi connectivity index (χ3v) is 4.46. The van der Waals surface area contributed by atoms with E-state index >= 15 is 0 Å². The molecule has 2 nitrogen and oxygen atoms in total. The Balaban J connectivity index is 2.29. The molecule has 0 aromatic carbocycles. The summed E-state index contributed by atoms with van der Waals surface area (Å²) in [6.45, 7) is 0. The topological polar surface area (TPSA) is 37.3 Å². The number of fused-ring (bicyclic) bond motifs is 1. The number of hydrogen-bond acceptors (Lipinski definition) is 2. The number of aliphatic hydroxyl groups is 1. The summed E-state index contributed by atoms with van der Waals surface area (Å²) in [6, 6.07) is 0. The third-order valence-electron chi connectivity index (χ3n) is 2.30. The van der Waals surface area contributed by atoms with E-state index in [0.717, 1.165) is 6.42 Å². The van der Waals surface area contributed by atoms with Crippen molar-refractivity contribution in [2.75, 3.05) is 0 Å². The molecule has 2 aliphatic carbocycles. The molecule has 0 bridgehead atoms. The molecule has 60 valence electrons. The van der Waals surface area contributed by atoms with E-state index in [-0.39, 0.29) is 20.7 Å². The highest BCUT2D eigenvalue weighted by atomic mass is 79.9. The molecule has 11 heavy (non-hydrogen) atoms. The van der Waals surface area contributed by atoms with Crippen molar-refractivity contribution in [3.63, 3.8) is 0 Å². The van der Waals surface area contributed by atoms with Crippen molar-refractivity contribution >= 4 is 37.6 Å². The van der Waals surface area contributed by atoms with Crippen LogP contribution in [0.4, 0.5) is 0 Å². The Morgan fingerprint density at radius 3 is 2.82 bits per heavy atom. The molecule has 1 saturated carbocycles. The molecule has 0 saturated heterocycles. The second-order valence-corrected chi connectivity index (χ2v) is 6.64. The first kappa shape index (κ1) is 7.80. The quantitative estimate of drug-likeness (QED) is 0.691. The van der Waals surface area contributed by atoms with Gasteiger partial charge in [0.25, 0.3) is 0 Å². The molecule has 0 aliphatic heterocycles. The zero-order valence-corrected chi connectivity index (χ0v) is 8.72. The minimum Gasteiger partial charge on any atom is -0.505 e. The van der Waals surface area contributed by atoms with Crippen LogP contribution in [0, 0.1) is 11.8 Å². The van der Waals surface area contributed by atoms with Crippen molar-refractivity contribution in [1.29, 1.82) is 0 Å². The second kappa shape index (κ2) is 2.10. The fourth-order valence-electron chi connectivity index (χ4n) is 1.54. The standard InChI is InChI=1S/C7H6Br2O2/c8-7(9)3-1-2-4(10)6(11)5(3)7/h2-3,5,10H,1H2/t3-,5-/m1/s1. The summed E-state index contributed by atoms with van der Waals surface area (Å²) in [5.41, 5.74) is 0. The highest BCUT2D eigenvalue weighted by Crippen LogP contribution is 2.65. The molecule has 2 rings (SSSR count). The molecule has 0 aromatic rings. The van der Waals surface area contributed by atoms with E-state index in [1.807, 2.05) is 0 Å². The molecule has 0 unspecified atom stereocenters. The summed E-state index contributed by atoms with van der Waals surface area (Å²) in [7, 11) is 0. The van der Waals surface area contributed by atoms with Crippen LogP contribution < -0.4 is 0 Å². The SMILES string of the molecule is O=C1C(O)=CC[C@@H]2[C@H]1C2(Br)Br. The molecular weight excluding hydrogens is 276 g/mol. The van der Waals surface area contributed by atoms with Crippen LogP contribution in [-0.2, 0) is 4.79 Å². The van der Waals surface area contributed by atoms with Crippen LogP contribution in [0.2, 0.25) is 0 Å². The Labute approximate surface area is 80.9 Å². The summed E-state index contributed by atoms with van der Waals surface area (Å²) >= 11 is 6.80. The highest BCUT2D eigenvalue weighted by molar-refractivity contribution is 9.25. The number of hydrogen-bond donors (Lipinski definition) is 1. The summed E-state index contributed by atoms with van der Waals surface area (Å²) in [5, 5.41) is 9.08. The van der Waals surface area contributed by atoms with Gasteiger partial charge in [-0.25, -0.2) is 0 Å². The van der Waals surface area contributed by atoms with Crippen molar-refractivity contribution in [2.45, 2.75) is 9.65 Å². The number of alkyl halides is 2. The Morgan fingerprint density at radius 2 is 2.27 bits per heavy atom. The van der Waals surface area contributed by atoms with Gasteiger partial charge in [0, 0.05) is 5.92 Å². The van der Waals surface area contributed by atoms with Crippen LogP contribution in [0.25, 0.3) is 0 Å². The van der Waals surface area contributed by atoms with Crippen LogP contribution in [-0.4, -0.2) is 14.1 Å². The monoisotopic (exact) mass is 280 g/mol. The van der Waals surface area contributed by atoms with Gasteiger partial charge >= 0.3 is 0 Å². The van der Waals surface area contributed by atoms with E-state index in [1.54, 1.807) is 6.08 Å². The van der Waals surface area contributed by atoms with Gasteiger partial charge in [-0.05, 0) is 12.5 Å². The van der Waals surface area contributed by atoms with Crippen LogP contribution in [0.3, 0.4) is 0 Å². The predicted octanol–water partition coefficient (Wildman–Crippen LogP) is 2.13. The fourth-order valence-corrected chi connectivity index (χ4v) is 3.23. The van der Waals surface area contributed by atoms with E-state index in [2.05, 4.69) is 31.9 Å². The normalized spacial score (nSPS) is 39.5. The van der Waals surface area contributed by atoms with E-state index in [1.165, 1.54) is 0 Å². The first-order valence-corrected chi connectivity index (χ1v) is 4.95. The average Bonchev–Trinajstić information content (AvgIpc) is 2.46. The van der Waals surface area contributed by atoms with E-state index in [4.69, 9.17) is 5.11 Å². The lowest BCUT2D eigenvalue weighted by atomic mass is 10.1. The molecule has 0 spiro atoms. The van der Waals surface area contributed by atoms with Gasteiger partial charge in [-0.3, -0.25) is 4.79 Å². The highest BCUT2D eigenvalue weighted by Gasteiger charge is 2.66. The first-order valence-electron chi connectivity index (χ1n) is 3.36. The van der Waals surface area contributed by atoms with Crippen molar-refractivity contribution in [1.82, 2.24) is 0 Å². The van der Waals surface area contributed by atoms with Crippen molar-refractivity contribution in [3.8, 4) is 0 Å². The Morgan fingerprint density at radius 1 is 1.64 bits per heavy atom. The van der Waals surface area contributed by atoms with E-state index < -0.39 is 0 Å². The number of halogens is 2. The van der Waals surface area contributed by atoms with Crippen molar-refractivity contribution in [2.24, 2.45) is 11.8 Å². The molecule has 0 amide bonds. The fraction of sp³-hybridized carbons (Fsp3) is 0.571. The molecule has 2 aliphatic rings. The van der Waals surface area contributed by atoms with Gasteiger partial charge in [0.05, 0.1) is 9.15 Å². The maximum absolute atomic E-state index is 11.2. The van der Waals surface area contributed by atoms with Crippen molar-refractivity contribution in [3.05, 3.63) is 11.8 Å². The number of carbonyl (C=O) groups excluding carboxylic acids is 1. The zero-order valence-electron chi connectivity index (χ0n) is 5.55. The summed E-state index contributed by atoms with van der Waals surface area (Å²) in [5.74, 6) is 0.0421. The van der Waals surface area contributed by atoms with E-state index in [0.29, 0.717) is 5.92 Å². The van der Waals surface area contributed by atoms with Gasteiger partial charge in [0.2, 0.25) is 5.78 Å². The number of ketones is 1. The molecular formula is C7H6Br2O2. The summed E-state index contributed by atoms with van der Waals surface area (Å²) in [4.78, 5) is 11.2. The largest absolute Gasteiger partial charge is 0.505 e. The molecule has 2 atom stereocenters. The van der Waals surface area contributed by atoms with Gasteiger partial charge in [-0.1, -0.05) is 31.9 Å². The van der Waals surface area contributed by atoms with Crippen LogP contribution >= 0.6 is 31.9 Å². The smallest absolute Gasteiger partial charge is 0.202 e. The maximum atomic E-state index is 11.2. The first-order chi connectivity index (χ1) is 5.05. The van der Waals surface area contributed by atoms with E-state index in [9.17, 15) is 4.79 Å². The Hall–Kier alpha value is 0.170. The van der Waals surface area contributed by atoms with Gasteiger partial charge < -0.3 is 5.11 Å². The van der Waals surface area contributed by atoms with Gasteiger partial charge in [-0.2, -0.15) is 0 Å². The Bertz CT molecular complexity index is 257. The zero-order chi connectivity index (χ0) is 8.22. The average molecular weight is 282 g/mol. The van der Waals surface area contributed by atoms with Crippen LogP contribution in [0.5, 0.6) is 0 Å². The number of carbonyl (C=O) groups is 1. The minimum atomic E-state index is -0.238. The number of aliphatic hydroxyl groups excluding tert-OH is 1. The molecule has 0 aromatic heterocycles. The predicted molar refractivity (Wildman–Crippen MR) is 47.9 cm³/mol. The van der Waals surface area contributed by atoms with Crippen LogP contribution in [0.15, 0.2) is 11.8 Å².